The summed E-state index contributed by atoms with van der Waals surface area (Å²) in [6, 6.07) is 6.23. The maximum atomic E-state index is 13.7. The van der Waals surface area contributed by atoms with Crippen LogP contribution in [0, 0.1) is 12.7 Å². The largest absolute Gasteiger partial charge is 0.441 e. The van der Waals surface area contributed by atoms with Crippen molar-refractivity contribution >= 4 is 10.0 Å². The molecule has 1 aromatic heterocycles. The zero-order valence-electron chi connectivity index (χ0n) is 12.6. The summed E-state index contributed by atoms with van der Waals surface area (Å²) in [4.78, 5) is 4.26. The van der Waals surface area contributed by atoms with Gasteiger partial charge in [0.2, 0.25) is 15.9 Å². The van der Waals surface area contributed by atoms with Crippen LogP contribution in [-0.2, 0) is 16.4 Å². The first-order chi connectivity index (χ1) is 10.4. The lowest BCUT2D eigenvalue weighted by molar-refractivity contribution is 0.531. The number of halogens is 1. The number of aryl methyl sites for hydroxylation is 1. The van der Waals surface area contributed by atoms with Crippen LogP contribution in [0.5, 0.6) is 0 Å². The molecule has 0 saturated carbocycles. The van der Waals surface area contributed by atoms with E-state index in [9.17, 15) is 12.8 Å². The average molecular weight is 326 g/mol. The third kappa shape index (κ3) is 4.14. The summed E-state index contributed by atoms with van der Waals surface area (Å²) >= 11 is 0. The van der Waals surface area contributed by atoms with Gasteiger partial charge in [0, 0.05) is 13.0 Å². The van der Waals surface area contributed by atoms with Crippen molar-refractivity contribution < 1.29 is 17.2 Å². The number of nitrogens with one attached hydrogen (secondary N) is 1. The van der Waals surface area contributed by atoms with Gasteiger partial charge in [0.15, 0.2) is 0 Å². The van der Waals surface area contributed by atoms with Crippen molar-refractivity contribution in [3.63, 3.8) is 0 Å². The van der Waals surface area contributed by atoms with E-state index in [1.165, 1.54) is 6.07 Å². The maximum absolute atomic E-state index is 13.7. The quantitative estimate of drug-likeness (QED) is 0.849. The predicted octanol–water partition coefficient (Wildman–Crippen LogP) is 2.66. The molecule has 1 heterocycles. The summed E-state index contributed by atoms with van der Waals surface area (Å²) in [5.41, 5.74) is 0.917. The van der Waals surface area contributed by atoms with E-state index >= 15 is 0 Å². The van der Waals surface area contributed by atoms with E-state index < -0.39 is 15.8 Å². The van der Waals surface area contributed by atoms with Gasteiger partial charge >= 0.3 is 0 Å². The van der Waals surface area contributed by atoms with Gasteiger partial charge in [-0.1, -0.05) is 19.1 Å². The van der Waals surface area contributed by atoms with Crippen molar-refractivity contribution in [2.75, 3.05) is 12.3 Å². The van der Waals surface area contributed by atoms with Crippen molar-refractivity contribution in [2.45, 2.75) is 26.7 Å². The van der Waals surface area contributed by atoms with Crippen LogP contribution in [0.4, 0.5) is 4.39 Å². The van der Waals surface area contributed by atoms with Gasteiger partial charge < -0.3 is 4.42 Å². The molecule has 22 heavy (non-hydrogen) atoms. The van der Waals surface area contributed by atoms with Crippen LogP contribution in [0.25, 0.3) is 11.5 Å². The molecular weight excluding hydrogens is 307 g/mol. The van der Waals surface area contributed by atoms with E-state index in [2.05, 4.69) is 9.71 Å². The molecule has 0 fully saturated rings. The Morgan fingerprint density at radius 1 is 1.32 bits per heavy atom. The topological polar surface area (TPSA) is 72.2 Å². The van der Waals surface area contributed by atoms with Crippen molar-refractivity contribution in [3.05, 3.63) is 41.5 Å². The molecule has 7 heteroatoms. The minimum absolute atomic E-state index is 0.102. The molecule has 0 atom stereocenters. The second-order valence-corrected chi connectivity index (χ2v) is 6.89. The Labute approximate surface area is 129 Å². The SMILES string of the molecule is CCCS(=O)(=O)NCCc1nc(-c2ccccc2F)oc1C. The number of hydrogen-bond donors (Lipinski definition) is 1. The summed E-state index contributed by atoms with van der Waals surface area (Å²) in [5.74, 6) is 0.472. The molecule has 0 saturated heterocycles. The van der Waals surface area contributed by atoms with Crippen LogP contribution >= 0.6 is 0 Å². The molecule has 0 aliphatic heterocycles. The summed E-state index contributed by atoms with van der Waals surface area (Å²) in [5, 5.41) is 0. The molecule has 0 aliphatic rings. The van der Waals surface area contributed by atoms with E-state index in [0.717, 1.165) is 0 Å². The van der Waals surface area contributed by atoms with Gasteiger partial charge in [-0.3, -0.25) is 0 Å². The van der Waals surface area contributed by atoms with E-state index in [1.54, 1.807) is 25.1 Å². The Hall–Kier alpha value is -1.73. The number of aromatic nitrogens is 1. The van der Waals surface area contributed by atoms with E-state index in [1.807, 2.05) is 6.92 Å². The molecule has 120 valence electrons. The summed E-state index contributed by atoms with van der Waals surface area (Å²) in [6.07, 6.45) is 0.961. The second kappa shape index (κ2) is 7.02. The fourth-order valence-electron chi connectivity index (χ4n) is 2.08. The Balaban J connectivity index is 2.07. The number of hydrogen-bond acceptors (Lipinski definition) is 4. The Morgan fingerprint density at radius 2 is 2.05 bits per heavy atom. The van der Waals surface area contributed by atoms with Crippen molar-refractivity contribution in [3.8, 4) is 11.5 Å². The molecule has 1 N–H and O–H groups in total. The Morgan fingerprint density at radius 3 is 2.73 bits per heavy atom. The third-order valence-corrected chi connectivity index (χ3v) is 4.74. The van der Waals surface area contributed by atoms with Crippen LogP contribution in [0.2, 0.25) is 0 Å². The summed E-state index contributed by atoms with van der Waals surface area (Å²) < 4.78 is 44.9. The first-order valence-corrected chi connectivity index (χ1v) is 8.76. The van der Waals surface area contributed by atoms with Crippen molar-refractivity contribution in [2.24, 2.45) is 0 Å². The summed E-state index contributed by atoms with van der Waals surface area (Å²) in [6.45, 7) is 3.78. The van der Waals surface area contributed by atoms with Crippen molar-refractivity contribution in [1.82, 2.24) is 9.71 Å². The van der Waals surface area contributed by atoms with Gasteiger partial charge in [0.1, 0.15) is 11.6 Å². The minimum atomic E-state index is -3.24. The fraction of sp³-hybridized carbons (Fsp3) is 0.400. The molecular formula is C15H19FN2O3S. The third-order valence-electron chi connectivity index (χ3n) is 3.15. The number of sulfonamides is 1. The summed E-state index contributed by atoms with van der Waals surface area (Å²) in [7, 11) is -3.24. The molecule has 0 spiro atoms. The van der Waals surface area contributed by atoms with Gasteiger partial charge in [-0.15, -0.1) is 0 Å². The lowest BCUT2D eigenvalue weighted by Gasteiger charge is -2.03. The van der Waals surface area contributed by atoms with Gasteiger partial charge in [-0.25, -0.2) is 22.5 Å². The predicted molar refractivity (Wildman–Crippen MR) is 82.4 cm³/mol. The van der Waals surface area contributed by atoms with Crippen LogP contribution < -0.4 is 4.72 Å². The first-order valence-electron chi connectivity index (χ1n) is 7.11. The lowest BCUT2D eigenvalue weighted by Crippen LogP contribution is -2.28. The van der Waals surface area contributed by atoms with Crippen LogP contribution in [0.1, 0.15) is 24.8 Å². The fourth-order valence-corrected chi connectivity index (χ4v) is 3.17. The van der Waals surface area contributed by atoms with Crippen LogP contribution in [0.15, 0.2) is 28.7 Å². The number of oxazole rings is 1. The molecule has 0 bridgehead atoms. The number of benzene rings is 1. The molecule has 0 unspecified atom stereocenters. The molecule has 0 amide bonds. The Bertz CT molecular complexity index is 741. The standard InChI is InChI=1S/C15H19FN2O3S/c1-3-10-22(19,20)17-9-8-14-11(2)21-15(18-14)12-6-4-5-7-13(12)16/h4-7,17H,3,8-10H2,1-2H3. The highest BCUT2D eigenvalue weighted by atomic mass is 32.2. The van der Waals surface area contributed by atoms with Gasteiger partial charge in [0.25, 0.3) is 0 Å². The smallest absolute Gasteiger partial charge is 0.229 e. The highest BCUT2D eigenvalue weighted by molar-refractivity contribution is 7.89. The maximum Gasteiger partial charge on any atom is 0.229 e. The van der Waals surface area contributed by atoms with Crippen LogP contribution in [0.3, 0.4) is 0 Å². The molecule has 2 aromatic rings. The van der Waals surface area contributed by atoms with E-state index in [-0.39, 0.29) is 18.2 Å². The number of rotatable bonds is 7. The van der Waals surface area contributed by atoms with Crippen LogP contribution in [-0.4, -0.2) is 25.7 Å². The second-order valence-electron chi connectivity index (χ2n) is 4.96. The minimum Gasteiger partial charge on any atom is -0.441 e. The van der Waals surface area contributed by atoms with Gasteiger partial charge in [0.05, 0.1) is 17.0 Å². The highest BCUT2D eigenvalue weighted by Crippen LogP contribution is 2.24. The van der Waals surface area contributed by atoms with E-state index in [4.69, 9.17) is 4.42 Å². The molecule has 0 aliphatic carbocycles. The zero-order chi connectivity index (χ0) is 16.2. The first kappa shape index (κ1) is 16.6. The van der Waals surface area contributed by atoms with Gasteiger partial charge in [-0.2, -0.15) is 0 Å². The molecule has 0 radical (unpaired) electrons. The molecule has 2 rings (SSSR count). The molecule has 1 aromatic carbocycles. The van der Waals surface area contributed by atoms with E-state index in [0.29, 0.717) is 29.9 Å². The molecule has 5 nitrogen and oxygen atoms in total. The highest BCUT2D eigenvalue weighted by Gasteiger charge is 2.15. The average Bonchev–Trinajstić information content (AvgIpc) is 2.80. The number of nitrogens with zero attached hydrogens (tertiary/aromatic N) is 1. The lowest BCUT2D eigenvalue weighted by atomic mass is 10.2. The Kier molecular flexibility index (Phi) is 5.31. The zero-order valence-corrected chi connectivity index (χ0v) is 13.4. The normalized spacial score (nSPS) is 11.8. The van der Waals surface area contributed by atoms with Gasteiger partial charge in [-0.05, 0) is 25.5 Å². The van der Waals surface area contributed by atoms with Crippen molar-refractivity contribution in [1.29, 1.82) is 0 Å². The monoisotopic (exact) mass is 326 g/mol.